The van der Waals surface area contributed by atoms with Crippen molar-refractivity contribution in [2.24, 2.45) is 0 Å². The summed E-state index contributed by atoms with van der Waals surface area (Å²) >= 11 is 0. The minimum Gasteiger partial charge on any atom is -0.493 e. The molecule has 188 valence electrons. The lowest BCUT2D eigenvalue weighted by molar-refractivity contribution is -0.157. The predicted molar refractivity (Wildman–Crippen MR) is 130 cm³/mol. The maximum atomic E-state index is 13.0. The van der Waals surface area contributed by atoms with Crippen LogP contribution in [0.25, 0.3) is 0 Å². The lowest BCUT2D eigenvalue weighted by atomic mass is 10.1. The van der Waals surface area contributed by atoms with Gasteiger partial charge in [-0.2, -0.15) is 0 Å². The van der Waals surface area contributed by atoms with Crippen molar-refractivity contribution < 1.29 is 28.6 Å². The largest absolute Gasteiger partial charge is 0.493 e. The molecule has 0 unspecified atom stereocenters. The third-order valence-electron chi connectivity index (χ3n) is 5.76. The second kappa shape index (κ2) is 12.0. The Morgan fingerprint density at radius 1 is 1.06 bits per heavy atom. The van der Waals surface area contributed by atoms with Crippen molar-refractivity contribution >= 4 is 23.6 Å². The van der Waals surface area contributed by atoms with E-state index in [9.17, 15) is 14.4 Å². The highest BCUT2D eigenvalue weighted by molar-refractivity contribution is 5.99. The number of benzene rings is 1. The molecular weight excluding hydrogens is 452 g/mol. The molecule has 0 spiro atoms. The van der Waals surface area contributed by atoms with Gasteiger partial charge in [-0.3, -0.25) is 14.4 Å². The standard InChI is InChI=1S/C25H32N4O6/c1-17(35-18(2)30)25(32)29-14-12-28(13-15-29)23-20(6-5-10-26-23)24(31)27-11-9-19-7-8-21(33-3)22(16-19)34-4/h5-8,10,16-17H,9,11-15H2,1-4H3,(H,27,31)/t17-/m0/s1. The molecule has 1 aliphatic rings. The molecular formula is C25H32N4O6. The first-order chi connectivity index (χ1) is 16.8. The molecule has 0 radical (unpaired) electrons. The minimum absolute atomic E-state index is 0.212. The Labute approximate surface area is 205 Å². The van der Waals surface area contributed by atoms with Crippen LogP contribution in [-0.2, 0) is 20.7 Å². The van der Waals surface area contributed by atoms with E-state index in [1.807, 2.05) is 23.1 Å². The molecule has 2 aromatic rings. The summed E-state index contributed by atoms with van der Waals surface area (Å²) in [5.41, 5.74) is 1.49. The molecule has 3 rings (SSSR count). The van der Waals surface area contributed by atoms with Gasteiger partial charge in [0, 0.05) is 45.8 Å². The molecule has 0 aliphatic carbocycles. The van der Waals surface area contributed by atoms with Crippen LogP contribution in [0.5, 0.6) is 11.5 Å². The van der Waals surface area contributed by atoms with E-state index in [0.29, 0.717) is 62.0 Å². The zero-order valence-corrected chi connectivity index (χ0v) is 20.6. The Kier molecular flexibility index (Phi) is 8.88. The molecule has 1 fully saturated rings. The van der Waals surface area contributed by atoms with E-state index in [0.717, 1.165) is 5.56 Å². The van der Waals surface area contributed by atoms with Crippen LogP contribution in [0.3, 0.4) is 0 Å². The highest BCUT2D eigenvalue weighted by atomic mass is 16.5. The van der Waals surface area contributed by atoms with Gasteiger partial charge in [0.1, 0.15) is 5.82 Å². The summed E-state index contributed by atoms with van der Waals surface area (Å²) in [5, 5.41) is 2.96. The first-order valence-electron chi connectivity index (χ1n) is 11.5. The molecule has 1 atom stereocenters. The van der Waals surface area contributed by atoms with Gasteiger partial charge in [0.25, 0.3) is 11.8 Å². The van der Waals surface area contributed by atoms with E-state index in [1.54, 1.807) is 44.4 Å². The maximum absolute atomic E-state index is 13.0. The van der Waals surface area contributed by atoms with Crippen molar-refractivity contribution in [3.63, 3.8) is 0 Å². The third kappa shape index (κ3) is 6.62. The van der Waals surface area contributed by atoms with Crippen LogP contribution in [0.15, 0.2) is 36.5 Å². The van der Waals surface area contributed by atoms with Gasteiger partial charge in [-0.05, 0) is 43.2 Å². The number of hydrogen-bond acceptors (Lipinski definition) is 8. The lowest BCUT2D eigenvalue weighted by Crippen LogP contribution is -2.52. The van der Waals surface area contributed by atoms with Crippen LogP contribution < -0.4 is 19.7 Å². The average Bonchev–Trinajstić information content (AvgIpc) is 2.87. The molecule has 35 heavy (non-hydrogen) atoms. The normalized spacial score (nSPS) is 14.2. The van der Waals surface area contributed by atoms with Gasteiger partial charge in [-0.15, -0.1) is 0 Å². The van der Waals surface area contributed by atoms with Crippen molar-refractivity contribution in [3.8, 4) is 11.5 Å². The fourth-order valence-electron chi connectivity index (χ4n) is 3.97. The van der Waals surface area contributed by atoms with Crippen LogP contribution in [0, 0.1) is 0 Å². The summed E-state index contributed by atoms with van der Waals surface area (Å²) in [5.74, 6) is 0.953. The molecule has 1 N–H and O–H groups in total. The summed E-state index contributed by atoms with van der Waals surface area (Å²) in [6, 6.07) is 9.14. The third-order valence-corrected chi connectivity index (χ3v) is 5.76. The predicted octanol–water partition coefficient (Wildman–Crippen LogP) is 1.67. The van der Waals surface area contributed by atoms with E-state index in [2.05, 4.69) is 10.3 Å². The summed E-state index contributed by atoms with van der Waals surface area (Å²) in [6.45, 7) is 5.22. The van der Waals surface area contributed by atoms with Gasteiger partial charge in [0.15, 0.2) is 17.6 Å². The molecule has 10 nitrogen and oxygen atoms in total. The summed E-state index contributed by atoms with van der Waals surface area (Å²) < 4.78 is 15.6. The van der Waals surface area contributed by atoms with Crippen molar-refractivity contribution in [2.75, 3.05) is 51.8 Å². The Morgan fingerprint density at radius 3 is 2.43 bits per heavy atom. The second-order valence-electron chi connectivity index (χ2n) is 8.13. The average molecular weight is 485 g/mol. The van der Waals surface area contributed by atoms with E-state index < -0.39 is 12.1 Å². The number of carbonyl (C=O) groups is 3. The van der Waals surface area contributed by atoms with Crippen molar-refractivity contribution in [1.29, 1.82) is 0 Å². The first-order valence-corrected chi connectivity index (χ1v) is 11.5. The number of methoxy groups -OCH3 is 2. The van der Waals surface area contributed by atoms with Crippen molar-refractivity contribution in [2.45, 2.75) is 26.4 Å². The number of rotatable bonds is 9. The Bertz CT molecular complexity index is 1050. The maximum Gasteiger partial charge on any atom is 0.303 e. The lowest BCUT2D eigenvalue weighted by Gasteiger charge is -2.36. The van der Waals surface area contributed by atoms with Gasteiger partial charge in [0.2, 0.25) is 0 Å². The fraction of sp³-hybridized carbons (Fsp3) is 0.440. The first kappa shape index (κ1) is 25.8. The highest BCUT2D eigenvalue weighted by Crippen LogP contribution is 2.27. The molecule has 1 aromatic heterocycles. The van der Waals surface area contributed by atoms with Crippen LogP contribution in [0.1, 0.15) is 29.8 Å². The zero-order valence-electron chi connectivity index (χ0n) is 20.6. The number of ether oxygens (including phenoxy) is 3. The molecule has 2 amide bonds. The van der Waals surface area contributed by atoms with Gasteiger partial charge in [-0.1, -0.05) is 6.07 Å². The van der Waals surface area contributed by atoms with Crippen LogP contribution in [-0.4, -0.2) is 80.7 Å². The van der Waals surface area contributed by atoms with E-state index in [4.69, 9.17) is 14.2 Å². The van der Waals surface area contributed by atoms with Crippen molar-refractivity contribution in [1.82, 2.24) is 15.2 Å². The number of esters is 1. The van der Waals surface area contributed by atoms with Gasteiger partial charge in [-0.25, -0.2) is 4.98 Å². The SMILES string of the molecule is COc1ccc(CCNC(=O)c2cccnc2N2CCN(C(=O)[C@H](C)OC(C)=O)CC2)cc1OC. The number of amides is 2. The van der Waals surface area contributed by atoms with E-state index in [1.165, 1.54) is 6.92 Å². The van der Waals surface area contributed by atoms with Crippen LogP contribution in [0.4, 0.5) is 5.82 Å². The van der Waals surface area contributed by atoms with Crippen molar-refractivity contribution in [3.05, 3.63) is 47.7 Å². The second-order valence-corrected chi connectivity index (χ2v) is 8.13. The van der Waals surface area contributed by atoms with E-state index >= 15 is 0 Å². The fourth-order valence-corrected chi connectivity index (χ4v) is 3.97. The van der Waals surface area contributed by atoms with Crippen LogP contribution >= 0.6 is 0 Å². The van der Waals surface area contributed by atoms with Gasteiger partial charge in [0.05, 0.1) is 19.8 Å². The quantitative estimate of drug-likeness (QED) is 0.536. The highest BCUT2D eigenvalue weighted by Gasteiger charge is 2.28. The van der Waals surface area contributed by atoms with Gasteiger partial charge >= 0.3 is 5.97 Å². The monoisotopic (exact) mass is 484 g/mol. The zero-order chi connectivity index (χ0) is 25.4. The molecule has 1 saturated heterocycles. The Hall–Kier alpha value is -3.82. The van der Waals surface area contributed by atoms with Gasteiger partial charge < -0.3 is 29.3 Å². The molecule has 1 aliphatic heterocycles. The van der Waals surface area contributed by atoms with Crippen LogP contribution in [0.2, 0.25) is 0 Å². The Balaban J connectivity index is 1.58. The molecule has 1 aromatic carbocycles. The number of piperazine rings is 1. The number of aromatic nitrogens is 1. The topological polar surface area (TPSA) is 110 Å². The summed E-state index contributed by atoms with van der Waals surface area (Å²) in [6.07, 6.45) is 1.46. The number of anilines is 1. The molecule has 2 heterocycles. The molecule has 0 saturated carbocycles. The number of hydrogen-bond donors (Lipinski definition) is 1. The molecule has 0 bridgehead atoms. The number of carbonyl (C=O) groups excluding carboxylic acids is 3. The summed E-state index contributed by atoms with van der Waals surface area (Å²) in [7, 11) is 3.17. The minimum atomic E-state index is -0.819. The smallest absolute Gasteiger partial charge is 0.303 e. The number of pyridine rings is 1. The molecule has 10 heteroatoms. The Morgan fingerprint density at radius 2 is 1.77 bits per heavy atom. The summed E-state index contributed by atoms with van der Waals surface area (Å²) in [4.78, 5) is 44.7. The van der Waals surface area contributed by atoms with E-state index in [-0.39, 0.29) is 11.8 Å². The number of nitrogens with one attached hydrogen (secondary N) is 1. The number of nitrogens with zero attached hydrogens (tertiary/aromatic N) is 3.